The molecule has 0 saturated carbocycles. The van der Waals surface area contributed by atoms with Gasteiger partial charge in [0.1, 0.15) is 0 Å². The van der Waals surface area contributed by atoms with Gasteiger partial charge in [0.15, 0.2) is 0 Å². The maximum Gasteiger partial charge on any atom is 0.0547 e. The molecule has 0 radical (unpaired) electrons. The standard InChI is InChI=1S/C62H42N2/c1-5-21-43(22-6-1)46-27-19-30-48(41-46)63(57-36-17-15-32-52(57)54-35-20-38-59-62(54)55-34-16-18-37-58(55)64(59)47-28-11-4-12-29-47)49-39-40-51-50-31-13-14-33-53(50)60(44-23-7-2-8-24-44)61(56(51)42-49)45-25-9-3-10-26-45/h1-42H. The average molecular weight is 815 g/mol. The molecule has 0 spiro atoms. The number of para-hydroxylation sites is 3. The van der Waals surface area contributed by atoms with Gasteiger partial charge in [0.25, 0.3) is 0 Å². The number of hydrogen-bond donors (Lipinski definition) is 0. The summed E-state index contributed by atoms with van der Waals surface area (Å²) in [4.78, 5) is 2.47. The fraction of sp³-hybridized carbons (Fsp3) is 0. The molecule has 0 bridgehead atoms. The Kier molecular flexibility index (Phi) is 9.20. The first-order valence-corrected chi connectivity index (χ1v) is 22.0. The number of anilines is 3. The van der Waals surface area contributed by atoms with Crippen LogP contribution in [-0.4, -0.2) is 4.57 Å². The molecule has 0 saturated heterocycles. The van der Waals surface area contributed by atoms with Crippen molar-refractivity contribution in [1.82, 2.24) is 4.57 Å². The van der Waals surface area contributed by atoms with Crippen LogP contribution in [0.4, 0.5) is 17.1 Å². The smallest absolute Gasteiger partial charge is 0.0547 e. The van der Waals surface area contributed by atoms with E-state index in [0.717, 1.165) is 33.9 Å². The molecular weight excluding hydrogens is 773 g/mol. The van der Waals surface area contributed by atoms with Crippen LogP contribution < -0.4 is 4.90 Å². The Morgan fingerprint density at radius 1 is 0.281 bits per heavy atom. The lowest BCUT2D eigenvalue weighted by Crippen LogP contribution is -2.11. The molecule has 12 rings (SSSR count). The number of hydrogen-bond acceptors (Lipinski definition) is 1. The van der Waals surface area contributed by atoms with Gasteiger partial charge in [-0.15, -0.1) is 0 Å². The van der Waals surface area contributed by atoms with Gasteiger partial charge in [0.2, 0.25) is 0 Å². The number of aromatic nitrogens is 1. The molecular formula is C62H42N2. The number of nitrogens with zero attached hydrogens (tertiary/aromatic N) is 2. The molecule has 0 amide bonds. The summed E-state index contributed by atoms with van der Waals surface area (Å²) in [5.74, 6) is 0. The lowest BCUT2D eigenvalue weighted by atomic mass is 9.85. The van der Waals surface area contributed by atoms with Gasteiger partial charge < -0.3 is 9.47 Å². The van der Waals surface area contributed by atoms with Gasteiger partial charge in [-0.05, 0) is 115 Å². The highest BCUT2D eigenvalue weighted by molar-refractivity contribution is 6.22. The van der Waals surface area contributed by atoms with Crippen LogP contribution in [0.5, 0.6) is 0 Å². The predicted octanol–water partition coefficient (Wildman–Crippen LogP) is 17.2. The van der Waals surface area contributed by atoms with Crippen LogP contribution >= 0.6 is 0 Å². The van der Waals surface area contributed by atoms with Gasteiger partial charge in [-0.25, -0.2) is 0 Å². The highest BCUT2D eigenvalue weighted by atomic mass is 15.1. The zero-order valence-corrected chi connectivity index (χ0v) is 35.1. The van der Waals surface area contributed by atoms with Crippen LogP contribution in [0, 0.1) is 0 Å². The normalized spacial score (nSPS) is 11.4. The third-order valence-corrected chi connectivity index (χ3v) is 12.8. The van der Waals surface area contributed by atoms with Crippen molar-refractivity contribution in [2.75, 3.05) is 4.90 Å². The second-order valence-corrected chi connectivity index (χ2v) is 16.4. The van der Waals surface area contributed by atoms with Crippen molar-refractivity contribution >= 4 is 60.4 Å². The van der Waals surface area contributed by atoms with Crippen molar-refractivity contribution < 1.29 is 0 Å². The molecule has 1 heterocycles. The Morgan fingerprint density at radius 3 is 1.52 bits per heavy atom. The first-order chi connectivity index (χ1) is 31.8. The van der Waals surface area contributed by atoms with E-state index in [1.165, 1.54) is 76.7 Å². The lowest BCUT2D eigenvalue weighted by Gasteiger charge is -2.29. The van der Waals surface area contributed by atoms with Crippen LogP contribution in [0.15, 0.2) is 255 Å². The van der Waals surface area contributed by atoms with Gasteiger partial charge >= 0.3 is 0 Å². The SMILES string of the molecule is c1ccc(-c2cccc(N(c3ccc4c(c3)c(-c3ccccc3)c(-c3ccccc3)c3ccccc34)c3ccccc3-c3cccc4c3c3ccccc3n4-c3ccccc3)c2)cc1. The number of benzene rings is 11. The molecule has 0 atom stereocenters. The summed E-state index contributed by atoms with van der Waals surface area (Å²) in [6, 6.07) is 92.8. The monoisotopic (exact) mass is 814 g/mol. The lowest BCUT2D eigenvalue weighted by molar-refractivity contribution is 1.18. The maximum absolute atomic E-state index is 2.47. The van der Waals surface area contributed by atoms with E-state index < -0.39 is 0 Å². The molecule has 0 N–H and O–H groups in total. The first kappa shape index (κ1) is 37.3. The minimum atomic E-state index is 1.08. The van der Waals surface area contributed by atoms with Crippen LogP contribution in [0.3, 0.4) is 0 Å². The minimum Gasteiger partial charge on any atom is -0.310 e. The van der Waals surface area contributed by atoms with Crippen molar-refractivity contribution in [2.24, 2.45) is 0 Å². The minimum absolute atomic E-state index is 1.08. The topological polar surface area (TPSA) is 8.17 Å². The van der Waals surface area contributed by atoms with Crippen LogP contribution in [0.25, 0.3) is 93.5 Å². The molecule has 0 aliphatic rings. The number of rotatable bonds is 8. The van der Waals surface area contributed by atoms with E-state index in [2.05, 4.69) is 264 Å². The Hall–Kier alpha value is -8.46. The molecule has 0 aliphatic carbocycles. The molecule has 2 nitrogen and oxygen atoms in total. The molecule has 300 valence electrons. The van der Waals surface area contributed by atoms with E-state index in [1.54, 1.807) is 0 Å². The number of fused-ring (bicyclic) bond motifs is 6. The van der Waals surface area contributed by atoms with Gasteiger partial charge in [0.05, 0.1) is 16.7 Å². The van der Waals surface area contributed by atoms with E-state index in [-0.39, 0.29) is 0 Å². The van der Waals surface area contributed by atoms with E-state index in [4.69, 9.17) is 0 Å². The average Bonchev–Trinajstić information content (AvgIpc) is 3.72. The third kappa shape index (κ3) is 6.27. The van der Waals surface area contributed by atoms with Gasteiger partial charge in [-0.1, -0.05) is 200 Å². The summed E-state index contributed by atoms with van der Waals surface area (Å²) in [7, 11) is 0. The molecule has 0 unspecified atom stereocenters. The predicted molar refractivity (Wildman–Crippen MR) is 272 cm³/mol. The van der Waals surface area contributed by atoms with Crippen molar-refractivity contribution in [3.63, 3.8) is 0 Å². The van der Waals surface area contributed by atoms with Gasteiger partial charge in [-0.3, -0.25) is 0 Å². The summed E-state index contributed by atoms with van der Waals surface area (Å²) < 4.78 is 2.40. The Balaban J connectivity index is 1.16. The summed E-state index contributed by atoms with van der Waals surface area (Å²) in [5, 5.41) is 7.37. The quantitative estimate of drug-likeness (QED) is 0.139. The maximum atomic E-state index is 2.47. The van der Waals surface area contributed by atoms with Gasteiger partial charge in [-0.2, -0.15) is 0 Å². The first-order valence-electron chi connectivity index (χ1n) is 22.0. The van der Waals surface area contributed by atoms with Crippen molar-refractivity contribution in [3.05, 3.63) is 255 Å². The molecule has 2 heteroatoms. The van der Waals surface area contributed by atoms with Crippen LogP contribution in [0.1, 0.15) is 0 Å². The Bertz CT molecular complexity index is 3650. The highest BCUT2D eigenvalue weighted by Crippen LogP contribution is 2.49. The summed E-state index contributed by atoms with van der Waals surface area (Å²) in [6.07, 6.45) is 0. The van der Waals surface area contributed by atoms with Crippen LogP contribution in [-0.2, 0) is 0 Å². The third-order valence-electron chi connectivity index (χ3n) is 12.8. The van der Waals surface area contributed by atoms with Crippen molar-refractivity contribution in [2.45, 2.75) is 0 Å². The zero-order valence-electron chi connectivity index (χ0n) is 35.1. The largest absolute Gasteiger partial charge is 0.310 e. The summed E-state index contributed by atoms with van der Waals surface area (Å²) >= 11 is 0. The molecule has 0 aliphatic heterocycles. The van der Waals surface area contributed by atoms with E-state index in [0.29, 0.717) is 0 Å². The fourth-order valence-electron chi connectivity index (χ4n) is 10.0. The van der Waals surface area contributed by atoms with Crippen LogP contribution in [0.2, 0.25) is 0 Å². The van der Waals surface area contributed by atoms with Crippen molar-refractivity contribution in [1.29, 1.82) is 0 Å². The highest BCUT2D eigenvalue weighted by Gasteiger charge is 2.24. The molecule has 12 aromatic rings. The summed E-state index contributed by atoms with van der Waals surface area (Å²) in [6.45, 7) is 0. The Labute approximate surface area is 373 Å². The van der Waals surface area contributed by atoms with E-state index >= 15 is 0 Å². The Morgan fingerprint density at radius 2 is 0.781 bits per heavy atom. The van der Waals surface area contributed by atoms with Crippen molar-refractivity contribution in [3.8, 4) is 50.2 Å². The molecule has 11 aromatic carbocycles. The van der Waals surface area contributed by atoms with Gasteiger partial charge in [0, 0.05) is 33.4 Å². The molecule has 64 heavy (non-hydrogen) atoms. The molecule has 1 aromatic heterocycles. The zero-order chi connectivity index (χ0) is 42.4. The van der Waals surface area contributed by atoms with E-state index in [1.807, 2.05) is 0 Å². The summed E-state index contributed by atoms with van der Waals surface area (Å²) in [5.41, 5.74) is 16.3. The van der Waals surface area contributed by atoms with E-state index in [9.17, 15) is 0 Å². The molecule has 0 fully saturated rings. The fourth-order valence-corrected chi connectivity index (χ4v) is 10.0. The second kappa shape index (κ2) is 15.8. The second-order valence-electron chi connectivity index (χ2n) is 16.4.